The third-order valence-electron chi connectivity index (χ3n) is 14.2. The molecule has 6 aromatic rings. The van der Waals surface area contributed by atoms with Gasteiger partial charge in [-0.25, -0.2) is 15.0 Å². The Bertz CT molecular complexity index is 2040. The number of thiophene rings is 3. The Kier molecular flexibility index (Phi) is 12.1. The van der Waals surface area contributed by atoms with Gasteiger partial charge in [0.15, 0.2) is 0 Å². The summed E-state index contributed by atoms with van der Waals surface area (Å²) < 4.78 is 12.9. The number of rotatable bonds is 9. The van der Waals surface area contributed by atoms with Crippen molar-refractivity contribution in [3.63, 3.8) is 0 Å². The number of hydrogen-bond donors (Lipinski definition) is 2. The first-order valence-corrected chi connectivity index (χ1v) is 25.1. The molecule has 5 atom stereocenters. The fourth-order valence-electron chi connectivity index (χ4n) is 11.0. The van der Waals surface area contributed by atoms with E-state index < -0.39 is 0 Å². The lowest BCUT2D eigenvalue weighted by molar-refractivity contribution is 0.0176. The molecule has 12 heteroatoms. The summed E-state index contributed by atoms with van der Waals surface area (Å²) in [5, 5.41) is 30.0. The Labute approximate surface area is 360 Å². The SMILES string of the molecule is OC(CC1c2cscc2-c2cncn21)C1CCCCC1.OC(CC1c2sccc2-c2cncn21)C1CCCCC1.c1cc2c(s1)C(COC1CCCCC1)n1cncc1-2. The largest absolute Gasteiger partial charge is 0.393 e. The maximum Gasteiger partial charge on any atom is 0.0957 e. The van der Waals surface area contributed by atoms with E-state index in [-0.39, 0.29) is 18.2 Å². The normalized spacial score (nSPS) is 23.2. The van der Waals surface area contributed by atoms with Crippen molar-refractivity contribution in [1.29, 1.82) is 0 Å². The molecule has 0 saturated heterocycles. The van der Waals surface area contributed by atoms with Gasteiger partial charge in [0.1, 0.15) is 0 Å². The average Bonchev–Trinajstić information content (AvgIpc) is 4.13. The van der Waals surface area contributed by atoms with Crippen molar-refractivity contribution in [1.82, 2.24) is 28.7 Å². The van der Waals surface area contributed by atoms with E-state index in [2.05, 4.69) is 62.3 Å². The highest BCUT2D eigenvalue weighted by molar-refractivity contribution is 7.11. The zero-order valence-electron chi connectivity index (χ0n) is 34.0. The number of imidazole rings is 3. The van der Waals surface area contributed by atoms with Crippen molar-refractivity contribution in [2.45, 2.75) is 146 Å². The molecule has 312 valence electrons. The molecule has 5 unspecified atom stereocenters. The number of hydrogen-bond acceptors (Lipinski definition) is 9. The summed E-state index contributed by atoms with van der Waals surface area (Å²) in [6, 6.07) is 5.30. The molecule has 6 aromatic heterocycles. The second-order valence-electron chi connectivity index (χ2n) is 17.7. The van der Waals surface area contributed by atoms with Crippen LogP contribution in [0.15, 0.2) is 71.2 Å². The van der Waals surface area contributed by atoms with Gasteiger partial charge < -0.3 is 28.7 Å². The van der Waals surface area contributed by atoms with Crippen molar-refractivity contribution in [3.8, 4) is 33.8 Å². The number of nitrogens with zero attached hydrogens (tertiary/aromatic N) is 6. The minimum Gasteiger partial charge on any atom is -0.393 e. The van der Waals surface area contributed by atoms with Crippen LogP contribution in [0.1, 0.15) is 143 Å². The van der Waals surface area contributed by atoms with Crippen LogP contribution in [-0.4, -0.2) is 63.8 Å². The van der Waals surface area contributed by atoms with Crippen LogP contribution in [0.25, 0.3) is 33.8 Å². The van der Waals surface area contributed by atoms with E-state index in [4.69, 9.17) is 4.74 Å². The zero-order valence-corrected chi connectivity index (χ0v) is 36.4. The Morgan fingerprint density at radius 1 is 0.576 bits per heavy atom. The fraction of sp³-hybridized carbons (Fsp3) is 0.553. The molecular formula is C47H58N6O3S3. The molecule has 3 aliphatic carbocycles. The van der Waals surface area contributed by atoms with E-state index in [1.165, 1.54) is 145 Å². The van der Waals surface area contributed by atoms with Gasteiger partial charge in [0.25, 0.3) is 0 Å². The molecule has 3 aliphatic heterocycles. The first kappa shape index (κ1) is 39.7. The quantitative estimate of drug-likeness (QED) is 0.150. The van der Waals surface area contributed by atoms with Gasteiger partial charge in [-0.15, -0.1) is 22.7 Å². The monoisotopic (exact) mass is 850 g/mol. The standard InChI is InChI=1S/2C16H20N2OS.C15H18N2OS/c19-16(11-4-2-1-3-5-11)6-14-12-8-20-9-13(12)15-7-17-10-18(14)15;19-15(11-4-2-1-3-5-11)8-13-16-12(6-7-20-16)14-9-17-10-18(13)14;1-2-4-11(5-3-1)18-9-14-15-12(6-7-19-15)13-8-16-10-17(13)14/h7-11,14,16,19H,1-6H2;6-7,9-11,13,15,19H,1-5,8H2;6-8,10-11,14H,1-5,9H2. The molecule has 9 heterocycles. The third-order valence-corrected chi connectivity index (χ3v) is 17.0. The third kappa shape index (κ3) is 7.98. The van der Waals surface area contributed by atoms with Gasteiger partial charge in [-0.05, 0) is 97.0 Å². The van der Waals surface area contributed by atoms with Crippen LogP contribution in [0.5, 0.6) is 0 Å². The molecule has 3 fully saturated rings. The van der Waals surface area contributed by atoms with Crippen molar-refractivity contribution in [3.05, 3.63) is 86.5 Å². The minimum atomic E-state index is -0.179. The summed E-state index contributed by atoms with van der Waals surface area (Å²) in [7, 11) is 0. The zero-order chi connectivity index (χ0) is 39.7. The smallest absolute Gasteiger partial charge is 0.0957 e. The molecule has 0 spiro atoms. The second kappa shape index (κ2) is 17.9. The molecule has 59 heavy (non-hydrogen) atoms. The van der Waals surface area contributed by atoms with Gasteiger partial charge in [0.05, 0.1) is 97.7 Å². The Morgan fingerprint density at radius 3 is 1.63 bits per heavy atom. The molecule has 0 radical (unpaired) electrons. The fourth-order valence-corrected chi connectivity index (χ4v) is 13.9. The van der Waals surface area contributed by atoms with Crippen LogP contribution in [0.2, 0.25) is 0 Å². The van der Waals surface area contributed by atoms with Crippen LogP contribution in [0.3, 0.4) is 0 Å². The number of aromatic nitrogens is 6. The molecule has 6 aliphatic rings. The highest BCUT2D eigenvalue weighted by atomic mass is 32.1. The number of fused-ring (bicyclic) bond motifs is 9. The molecule has 12 rings (SSSR count). The van der Waals surface area contributed by atoms with Crippen LogP contribution in [0, 0.1) is 11.8 Å². The first-order chi connectivity index (χ1) is 29.1. The van der Waals surface area contributed by atoms with Crippen molar-refractivity contribution in [2.24, 2.45) is 11.8 Å². The second-order valence-corrected chi connectivity index (χ2v) is 20.4. The summed E-state index contributed by atoms with van der Waals surface area (Å²) in [6.45, 7) is 0.793. The Morgan fingerprint density at radius 2 is 1.05 bits per heavy atom. The van der Waals surface area contributed by atoms with Crippen LogP contribution in [-0.2, 0) is 4.74 Å². The molecule has 0 amide bonds. The van der Waals surface area contributed by atoms with E-state index in [0.717, 1.165) is 19.4 Å². The van der Waals surface area contributed by atoms with Gasteiger partial charge >= 0.3 is 0 Å². The maximum absolute atomic E-state index is 10.6. The summed E-state index contributed by atoms with van der Waals surface area (Å²) in [5.41, 5.74) is 9.02. The molecule has 2 N–H and O–H groups in total. The maximum atomic E-state index is 10.6. The molecule has 0 bridgehead atoms. The average molecular weight is 851 g/mol. The summed E-state index contributed by atoms with van der Waals surface area (Å²) in [4.78, 5) is 15.7. The van der Waals surface area contributed by atoms with Gasteiger partial charge in [-0.1, -0.05) is 57.8 Å². The highest BCUT2D eigenvalue weighted by Gasteiger charge is 2.35. The van der Waals surface area contributed by atoms with E-state index >= 15 is 0 Å². The molecule has 0 aromatic carbocycles. The summed E-state index contributed by atoms with van der Waals surface area (Å²) in [6.07, 6.45) is 32.5. The Hall–Kier alpha value is -3.39. The number of aliphatic hydroxyl groups excluding tert-OH is 2. The van der Waals surface area contributed by atoms with Crippen molar-refractivity contribution >= 4 is 34.0 Å². The van der Waals surface area contributed by atoms with Crippen LogP contribution < -0.4 is 0 Å². The van der Waals surface area contributed by atoms with E-state index in [9.17, 15) is 10.2 Å². The lowest BCUT2D eigenvalue weighted by Crippen LogP contribution is -2.26. The van der Waals surface area contributed by atoms with Crippen LogP contribution >= 0.6 is 34.0 Å². The minimum absolute atomic E-state index is 0.177. The summed E-state index contributed by atoms with van der Waals surface area (Å²) in [5.74, 6) is 0.998. The Balaban J connectivity index is 0.000000107. The number of ether oxygens (including phenoxy) is 1. The van der Waals surface area contributed by atoms with Gasteiger partial charge in [-0.2, -0.15) is 11.3 Å². The van der Waals surface area contributed by atoms with Crippen molar-refractivity contribution in [2.75, 3.05) is 6.61 Å². The van der Waals surface area contributed by atoms with E-state index in [1.807, 2.05) is 60.2 Å². The van der Waals surface area contributed by atoms with Crippen LogP contribution in [0.4, 0.5) is 0 Å². The first-order valence-electron chi connectivity index (χ1n) is 22.4. The molecule has 3 saturated carbocycles. The predicted octanol–water partition coefficient (Wildman–Crippen LogP) is 11.6. The highest BCUT2D eigenvalue weighted by Crippen LogP contribution is 2.47. The van der Waals surface area contributed by atoms with Crippen molar-refractivity contribution < 1.29 is 14.9 Å². The van der Waals surface area contributed by atoms with Gasteiger partial charge in [0, 0.05) is 31.8 Å². The van der Waals surface area contributed by atoms with Gasteiger partial charge in [0.2, 0.25) is 0 Å². The summed E-state index contributed by atoms with van der Waals surface area (Å²) >= 11 is 5.40. The topological polar surface area (TPSA) is 103 Å². The van der Waals surface area contributed by atoms with Gasteiger partial charge in [-0.3, -0.25) is 0 Å². The lowest BCUT2D eigenvalue weighted by atomic mass is 9.82. The van der Waals surface area contributed by atoms with E-state index in [1.54, 1.807) is 11.3 Å². The van der Waals surface area contributed by atoms with E-state index in [0.29, 0.717) is 30.0 Å². The molecule has 9 nitrogen and oxygen atoms in total. The number of aliphatic hydroxyl groups is 2. The molecular weight excluding hydrogens is 793 g/mol. The predicted molar refractivity (Wildman–Crippen MR) is 238 cm³/mol. The lowest BCUT2D eigenvalue weighted by Gasteiger charge is -2.28.